The molecule has 1 aromatic rings. The van der Waals surface area contributed by atoms with Gasteiger partial charge in [-0.1, -0.05) is 58.9 Å². The SMILES string of the molecule is CCC(CC)(C1=CN(C)C(C(N)=O)C=C1)c1ccc(OCC(=C=O)C(C)(C)C)c(C)c1. The predicted octanol–water partition coefficient (Wildman–Crippen LogP) is 4.48. The molecule has 0 aromatic heterocycles. The second-order valence-corrected chi connectivity index (χ2v) is 9.35. The summed E-state index contributed by atoms with van der Waals surface area (Å²) in [5.74, 6) is 2.44. The van der Waals surface area contributed by atoms with Crippen LogP contribution < -0.4 is 10.5 Å². The average molecular weight is 425 g/mol. The summed E-state index contributed by atoms with van der Waals surface area (Å²) in [4.78, 5) is 24.8. The van der Waals surface area contributed by atoms with E-state index in [-0.39, 0.29) is 23.3 Å². The fraction of sp³-hybridized carbons (Fsp3) is 0.500. The smallest absolute Gasteiger partial charge is 0.244 e. The van der Waals surface area contributed by atoms with E-state index in [1.54, 1.807) is 0 Å². The van der Waals surface area contributed by atoms with Crippen molar-refractivity contribution in [2.24, 2.45) is 11.1 Å². The summed E-state index contributed by atoms with van der Waals surface area (Å²) in [5.41, 5.74) is 9.04. The van der Waals surface area contributed by atoms with Gasteiger partial charge >= 0.3 is 0 Å². The Morgan fingerprint density at radius 1 is 1.23 bits per heavy atom. The van der Waals surface area contributed by atoms with Crippen molar-refractivity contribution in [2.75, 3.05) is 13.7 Å². The molecule has 0 fully saturated rings. The molecular weight excluding hydrogens is 388 g/mol. The van der Waals surface area contributed by atoms with Crippen molar-refractivity contribution in [1.82, 2.24) is 4.90 Å². The van der Waals surface area contributed by atoms with Crippen molar-refractivity contribution >= 4 is 11.8 Å². The van der Waals surface area contributed by atoms with Crippen LogP contribution in [0.15, 0.2) is 47.7 Å². The fourth-order valence-electron chi connectivity index (χ4n) is 4.14. The van der Waals surface area contributed by atoms with E-state index in [2.05, 4.69) is 26.0 Å². The number of likely N-dealkylation sites (N-methyl/N-ethyl adjacent to an activating group) is 1. The molecule has 1 unspecified atom stereocenters. The molecular formula is C26H36N2O3. The number of ether oxygens (including phenoxy) is 1. The van der Waals surface area contributed by atoms with Crippen molar-refractivity contribution in [2.45, 2.75) is 65.8 Å². The van der Waals surface area contributed by atoms with Crippen molar-refractivity contribution < 1.29 is 14.3 Å². The van der Waals surface area contributed by atoms with E-state index >= 15 is 0 Å². The highest BCUT2D eigenvalue weighted by atomic mass is 16.5. The Labute approximate surface area is 186 Å². The van der Waals surface area contributed by atoms with E-state index < -0.39 is 6.04 Å². The number of amides is 1. The van der Waals surface area contributed by atoms with Gasteiger partial charge in [-0.2, -0.15) is 0 Å². The van der Waals surface area contributed by atoms with Gasteiger partial charge in [0.2, 0.25) is 5.91 Å². The van der Waals surface area contributed by atoms with Gasteiger partial charge in [0.25, 0.3) is 0 Å². The molecule has 5 nitrogen and oxygen atoms in total. The molecule has 0 saturated heterocycles. The molecule has 5 heteroatoms. The van der Waals surface area contributed by atoms with Crippen LogP contribution in [0.2, 0.25) is 0 Å². The first-order chi connectivity index (χ1) is 14.5. The maximum atomic E-state index is 11.7. The Morgan fingerprint density at radius 2 is 1.87 bits per heavy atom. The number of hydrogen-bond acceptors (Lipinski definition) is 4. The number of carbonyl (C=O) groups excluding carboxylic acids is 2. The number of benzene rings is 1. The lowest BCUT2D eigenvalue weighted by Crippen LogP contribution is -2.41. The maximum absolute atomic E-state index is 11.7. The third-order valence-corrected chi connectivity index (χ3v) is 6.42. The summed E-state index contributed by atoms with van der Waals surface area (Å²) in [6, 6.07) is 5.83. The standard InChI is InChI=1S/C26H36N2O3/c1-8-26(9-2,20-10-12-22(24(27)30)28(7)15-20)19-11-13-23(18(3)14-19)31-17-21(16-29)25(4,5)6/h10-15,22H,8-9,17H2,1-7H3,(H2,27,30). The molecule has 1 atom stereocenters. The molecule has 31 heavy (non-hydrogen) atoms. The van der Waals surface area contributed by atoms with Crippen LogP contribution in [0.3, 0.4) is 0 Å². The number of primary amides is 1. The summed E-state index contributed by atoms with van der Waals surface area (Å²) in [5, 5.41) is 0. The van der Waals surface area contributed by atoms with Crippen LogP contribution in [0.5, 0.6) is 5.75 Å². The third-order valence-electron chi connectivity index (χ3n) is 6.42. The zero-order valence-corrected chi connectivity index (χ0v) is 19.9. The number of rotatable bonds is 8. The van der Waals surface area contributed by atoms with E-state index in [4.69, 9.17) is 10.5 Å². The molecule has 2 rings (SSSR count). The summed E-state index contributed by atoms with van der Waals surface area (Å²) in [6.07, 6.45) is 7.77. The van der Waals surface area contributed by atoms with Gasteiger partial charge < -0.3 is 15.4 Å². The normalized spacial score (nSPS) is 16.5. The monoisotopic (exact) mass is 424 g/mol. The van der Waals surface area contributed by atoms with Crippen LogP contribution in [0, 0.1) is 12.3 Å². The fourth-order valence-corrected chi connectivity index (χ4v) is 4.14. The molecule has 1 aromatic carbocycles. The van der Waals surface area contributed by atoms with Crippen LogP contribution >= 0.6 is 0 Å². The second kappa shape index (κ2) is 9.57. The first-order valence-electron chi connectivity index (χ1n) is 10.9. The van der Waals surface area contributed by atoms with Crippen LogP contribution in [-0.2, 0) is 15.0 Å². The zero-order chi connectivity index (χ0) is 23.4. The number of hydrogen-bond donors (Lipinski definition) is 1. The summed E-state index contributed by atoms with van der Waals surface area (Å²) < 4.78 is 5.97. The van der Waals surface area contributed by atoms with E-state index in [0.717, 1.165) is 29.7 Å². The van der Waals surface area contributed by atoms with Gasteiger partial charge in [0, 0.05) is 18.7 Å². The largest absolute Gasteiger partial charge is 0.488 e. The van der Waals surface area contributed by atoms with Gasteiger partial charge in [-0.3, -0.25) is 4.79 Å². The van der Waals surface area contributed by atoms with Crippen LogP contribution in [0.25, 0.3) is 0 Å². The molecule has 0 aliphatic carbocycles. The van der Waals surface area contributed by atoms with Crippen molar-refractivity contribution in [3.63, 3.8) is 0 Å². The van der Waals surface area contributed by atoms with E-state index in [9.17, 15) is 9.59 Å². The molecule has 0 saturated carbocycles. The van der Waals surface area contributed by atoms with Gasteiger partial charge in [0.05, 0.1) is 5.57 Å². The number of allylic oxidation sites excluding steroid dienone is 2. The van der Waals surface area contributed by atoms with Gasteiger partial charge in [0.15, 0.2) is 0 Å². The van der Waals surface area contributed by atoms with E-state index in [1.807, 2.05) is 70.0 Å². The van der Waals surface area contributed by atoms with E-state index in [1.165, 1.54) is 5.56 Å². The first kappa shape index (κ1) is 24.5. The molecule has 1 heterocycles. The Hall–Kier alpha value is -2.78. The lowest BCUT2D eigenvalue weighted by atomic mass is 9.69. The highest BCUT2D eigenvalue weighted by molar-refractivity contribution is 5.82. The second-order valence-electron chi connectivity index (χ2n) is 9.35. The van der Waals surface area contributed by atoms with Gasteiger partial charge in [-0.25, -0.2) is 4.79 Å². The summed E-state index contributed by atoms with van der Waals surface area (Å²) >= 11 is 0. The summed E-state index contributed by atoms with van der Waals surface area (Å²) in [7, 11) is 1.88. The van der Waals surface area contributed by atoms with Crippen LogP contribution in [-0.4, -0.2) is 36.4 Å². The Balaban J connectivity index is 2.36. The van der Waals surface area contributed by atoms with Gasteiger partial charge in [0.1, 0.15) is 24.3 Å². The van der Waals surface area contributed by atoms with Crippen molar-refractivity contribution in [3.05, 3.63) is 58.8 Å². The number of nitrogens with two attached hydrogens (primary N) is 1. The van der Waals surface area contributed by atoms with Crippen molar-refractivity contribution in [3.8, 4) is 5.75 Å². The lowest BCUT2D eigenvalue weighted by molar-refractivity contribution is -0.120. The molecule has 0 spiro atoms. The first-order valence-corrected chi connectivity index (χ1v) is 10.9. The minimum absolute atomic E-state index is 0.185. The highest BCUT2D eigenvalue weighted by Gasteiger charge is 2.34. The quantitative estimate of drug-likeness (QED) is 0.625. The highest BCUT2D eigenvalue weighted by Crippen LogP contribution is 2.42. The van der Waals surface area contributed by atoms with E-state index in [0.29, 0.717) is 5.57 Å². The molecule has 1 amide bonds. The number of aryl methyl sites for hydroxylation is 1. The minimum atomic E-state index is -0.421. The molecule has 1 aliphatic heterocycles. The Bertz CT molecular complexity index is 926. The zero-order valence-electron chi connectivity index (χ0n) is 19.9. The number of carbonyl (C=O) groups is 1. The van der Waals surface area contributed by atoms with Crippen molar-refractivity contribution in [1.29, 1.82) is 0 Å². The average Bonchev–Trinajstić information content (AvgIpc) is 2.70. The Morgan fingerprint density at radius 3 is 2.32 bits per heavy atom. The van der Waals surface area contributed by atoms with Crippen LogP contribution in [0.1, 0.15) is 58.6 Å². The molecule has 168 valence electrons. The summed E-state index contributed by atoms with van der Waals surface area (Å²) in [6.45, 7) is 12.6. The lowest BCUT2D eigenvalue weighted by Gasteiger charge is -2.38. The molecule has 2 N–H and O–H groups in total. The van der Waals surface area contributed by atoms with Crippen LogP contribution in [0.4, 0.5) is 0 Å². The third kappa shape index (κ3) is 5.11. The Kier molecular flexibility index (Phi) is 7.56. The predicted molar refractivity (Wildman–Crippen MR) is 126 cm³/mol. The van der Waals surface area contributed by atoms with Gasteiger partial charge in [-0.15, -0.1) is 0 Å². The van der Waals surface area contributed by atoms with Gasteiger partial charge in [-0.05, 0) is 47.9 Å². The molecule has 1 aliphatic rings. The minimum Gasteiger partial charge on any atom is -0.488 e. The topological polar surface area (TPSA) is 72.6 Å². The molecule has 0 bridgehead atoms. The molecule has 0 radical (unpaired) electrons. The number of nitrogens with zero attached hydrogens (tertiary/aromatic N) is 1. The maximum Gasteiger partial charge on any atom is 0.244 e.